The highest BCUT2D eigenvalue weighted by Gasteiger charge is 2.28. The zero-order valence-corrected chi connectivity index (χ0v) is 40.3. The van der Waals surface area contributed by atoms with Gasteiger partial charge in [0.15, 0.2) is 0 Å². The van der Waals surface area contributed by atoms with Crippen LogP contribution in [0.2, 0.25) is 39.3 Å². The first kappa shape index (κ1) is 44.7. The highest BCUT2D eigenvalue weighted by molar-refractivity contribution is 6.89. The van der Waals surface area contributed by atoms with Crippen LogP contribution in [0.1, 0.15) is 0 Å². The molecule has 10 heteroatoms. The number of benzene rings is 10. The molecular weight excluding hydrogens is 895 g/mol. The van der Waals surface area contributed by atoms with Crippen LogP contribution in [0.5, 0.6) is 0 Å². The Labute approximate surface area is 393 Å². The Morgan fingerprint density at radius 3 is 1.01 bits per heavy atom. The van der Waals surface area contributed by atoms with Crippen molar-refractivity contribution in [2.45, 2.75) is 39.3 Å². The van der Waals surface area contributed by atoms with Crippen LogP contribution in [0.3, 0.4) is 0 Å². The first-order chi connectivity index (χ1) is 32.5. The minimum atomic E-state index is -1.76. The predicted molar refractivity (Wildman–Crippen MR) is 276 cm³/mol. The van der Waals surface area contributed by atoms with Gasteiger partial charge >= 0.3 is 0 Å². The van der Waals surface area contributed by atoms with Gasteiger partial charge in [-0.1, -0.05) is 147 Å². The highest BCUT2D eigenvalue weighted by Crippen LogP contribution is 2.49. The molecule has 0 saturated carbocycles. The molecule has 0 heterocycles. The lowest BCUT2D eigenvalue weighted by Crippen LogP contribution is -2.37. The van der Waals surface area contributed by atoms with Crippen molar-refractivity contribution in [3.05, 3.63) is 205 Å². The third-order valence-electron chi connectivity index (χ3n) is 13.0. The van der Waals surface area contributed by atoms with E-state index in [-0.39, 0.29) is 33.6 Å². The minimum Gasteiger partial charge on any atom is -0.307 e. The zero-order chi connectivity index (χ0) is 47.8. The van der Waals surface area contributed by atoms with Crippen LogP contribution in [0.15, 0.2) is 170 Å². The van der Waals surface area contributed by atoms with Gasteiger partial charge in [0, 0.05) is 56.5 Å². The van der Waals surface area contributed by atoms with Crippen molar-refractivity contribution in [1.29, 1.82) is 0 Å². The third-order valence-corrected chi connectivity index (χ3v) is 17.1. The van der Waals surface area contributed by atoms with E-state index in [0.717, 1.165) is 56.6 Å². The van der Waals surface area contributed by atoms with Crippen LogP contribution >= 0.6 is 0 Å². The maximum absolute atomic E-state index is 16.9. The molecule has 0 bridgehead atoms. The van der Waals surface area contributed by atoms with E-state index in [4.69, 9.17) is 0 Å². The number of nitrogens with zero attached hydrogens (tertiary/aromatic N) is 2. The van der Waals surface area contributed by atoms with Crippen molar-refractivity contribution >= 4 is 93.0 Å². The topological polar surface area (TPSA) is 6.48 Å². The van der Waals surface area contributed by atoms with Crippen LogP contribution in [-0.4, -0.2) is 16.1 Å². The van der Waals surface area contributed by atoms with Gasteiger partial charge in [0.1, 0.15) is 34.9 Å². The Balaban J connectivity index is 1.21. The van der Waals surface area contributed by atoms with E-state index in [0.29, 0.717) is 22.7 Å². The molecule has 0 aliphatic heterocycles. The van der Waals surface area contributed by atoms with E-state index in [1.54, 1.807) is 21.9 Å². The lowest BCUT2D eigenvalue weighted by molar-refractivity contribution is 0.599. The standard InChI is InChI=1S/C58H46F6N2Si2/c1-67(2,3)39-23-19-37(20-24-39)65(55-33-49(61)45(31-51(55)63)41-11-7-9-13-47(41)59)53-29-17-35-16-28-44-54(30-18-36-15-27-43(53)57(35)58(36)44)66(38-21-25-40(26-22-38)68(4,5)6)56-34-50(62)46(32-52(56)64)42-12-8-10-14-48(42)60/h7-34H,1-6H3. The average Bonchev–Trinajstić information content (AvgIpc) is 3.31. The normalized spacial score (nSPS) is 12.1. The van der Waals surface area contributed by atoms with Gasteiger partial charge in [0.25, 0.3) is 0 Å². The molecule has 0 amide bonds. The second-order valence-electron chi connectivity index (χ2n) is 19.4. The van der Waals surface area contributed by atoms with E-state index in [1.807, 2.05) is 97.1 Å². The largest absolute Gasteiger partial charge is 0.307 e. The van der Waals surface area contributed by atoms with Gasteiger partial charge in [0.05, 0.1) is 38.9 Å². The van der Waals surface area contributed by atoms with Gasteiger partial charge in [-0.2, -0.15) is 0 Å². The van der Waals surface area contributed by atoms with Crippen LogP contribution in [0, 0.1) is 34.9 Å². The van der Waals surface area contributed by atoms with Crippen molar-refractivity contribution in [3.63, 3.8) is 0 Å². The minimum absolute atomic E-state index is 0.0512. The average molecular weight is 941 g/mol. The summed E-state index contributed by atoms with van der Waals surface area (Å²) in [6.07, 6.45) is 0. The Hall–Kier alpha value is -7.15. The smallest absolute Gasteiger partial charge is 0.148 e. The number of halogens is 6. The molecule has 0 unspecified atom stereocenters. The van der Waals surface area contributed by atoms with E-state index in [9.17, 15) is 8.78 Å². The quantitative estimate of drug-likeness (QED) is 0.0766. The van der Waals surface area contributed by atoms with Crippen molar-refractivity contribution < 1.29 is 26.3 Å². The maximum Gasteiger partial charge on any atom is 0.148 e. The summed E-state index contributed by atoms with van der Waals surface area (Å²) in [5.74, 6) is -4.42. The van der Waals surface area contributed by atoms with E-state index in [2.05, 4.69) is 39.3 Å². The Kier molecular flexibility index (Phi) is 11.1. The van der Waals surface area contributed by atoms with Crippen molar-refractivity contribution in [1.82, 2.24) is 0 Å². The van der Waals surface area contributed by atoms with E-state index in [1.165, 1.54) is 46.8 Å². The van der Waals surface area contributed by atoms with Crippen LogP contribution < -0.4 is 20.2 Å². The fourth-order valence-corrected chi connectivity index (χ4v) is 11.7. The van der Waals surface area contributed by atoms with Crippen LogP contribution in [0.25, 0.3) is 54.6 Å². The number of anilines is 6. The molecule has 0 aliphatic carbocycles. The summed E-state index contributed by atoms with van der Waals surface area (Å²) in [6, 6.07) is 47.1. The molecule has 2 nitrogen and oxygen atoms in total. The molecular formula is C58H46F6N2Si2. The summed E-state index contributed by atoms with van der Waals surface area (Å²) in [4.78, 5) is 3.40. The Morgan fingerprint density at radius 1 is 0.309 bits per heavy atom. The van der Waals surface area contributed by atoms with Gasteiger partial charge in [-0.25, -0.2) is 26.3 Å². The van der Waals surface area contributed by atoms with Crippen LogP contribution in [-0.2, 0) is 0 Å². The molecule has 0 spiro atoms. The van der Waals surface area contributed by atoms with Gasteiger partial charge in [-0.05, 0) is 82.2 Å². The Bertz CT molecular complexity index is 3330. The summed E-state index contributed by atoms with van der Waals surface area (Å²) >= 11 is 0. The zero-order valence-electron chi connectivity index (χ0n) is 38.3. The molecule has 68 heavy (non-hydrogen) atoms. The molecule has 0 atom stereocenters. The lowest BCUT2D eigenvalue weighted by atomic mass is 9.91. The van der Waals surface area contributed by atoms with Gasteiger partial charge < -0.3 is 9.80 Å². The molecule has 10 aromatic carbocycles. The fourth-order valence-electron chi connectivity index (χ4n) is 9.38. The molecule has 0 N–H and O–H groups in total. The van der Waals surface area contributed by atoms with Crippen LogP contribution in [0.4, 0.5) is 60.5 Å². The monoisotopic (exact) mass is 940 g/mol. The van der Waals surface area contributed by atoms with Crippen molar-refractivity contribution in [2.75, 3.05) is 9.80 Å². The second kappa shape index (κ2) is 16.9. The number of hydrogen-bond donors (Lipinski definition) is 0. The molecule has 0 radical (unpaired) electrons. The molecule has 0 aromatic heterocycles. The summed E-state index contributed by atoms with van der Waals surface area (Å²) in [5.41, 5.74) is 1.67. The second-order valence-corrected chi connectivity index (χ2v) is 29.5. The van der Waals surface area contributed by atoms with Gasteiger partial charge in [-0.15, -0.1) is 0 Å². The number of rotatable bonds is 10. The molecule has 338 valence electrons. The molecule has 10 aromatic rings. The first-order valence-corrected chi connectivity index (χ1v) is 29.5. The highest BCUT2D eigenvalue weighted by atomic mass is 28.3. The fraction of sp³-hybridized carbons (Fsp3) is 0.103. The maximum atomic E-state index is 16.9. The molecule has 10 rings (SSSR count). The first-order valence-electron chi connectivity index (χ1n) is 22.5. The SMILES string of the molecule is C[Si](C)(C)c1ccc(N(c2cc(F)c(-c3ccccc3F)cc2F)c2ccc3ccc4c(N(c5ccc([Si](C)(C)C)cc5)c5cc(F)c(-c6ccccc6F)cc5F)ccc5ccc2c3c54)cc1. The third kappa shape index (κ3) is 7.81. The van der Waals surface area contributed by atoms with Gasteiger partial charge in [-0.3, -0.25) is 0 Å². The Morgan fingerprint density at radius 2 is 0.662 bits per heavy atom. The predicted octanol–water partition coefficient (Wildman–Crippen LogP) is 16.8. The van der Waals surface area contributed by atoms with E-state index < -0.39 is 51.1 Å². The van der Waals surface area contributed by atoms with E-state index >= 15 is 17.6 Å². The summed E-state index contributed by atoms with van der Waals surface area (Å²) < 4.78 is 96.5. The summed E-state index contributed by atoms with van der Waals surface area (Å²) in [6.45, 7) is 13.4. The lowest BCUT2D eigenvalue weighted by Gasteiger charge is -2.30. The van der Waals surface area contributed by atoms with Crippen molar-refractivity contribution in [3.8, 4) is 22.3 Å². The molecule has 0 saturated heterocycles. The molecule has 0 fully saturated rings. The van der Waals surface area contributed by atoms with Gasteiger partial charge in [0.2, 0.25) is 0 Å². The van der Waals surface area contributed by atoms with Crippen molar-refractivity contribution in [2.24, 2.45) is 0 Å². The summed E-state index contributed by atoms with van der Waals surface area (Å²) in [7, 11) is -3.52. The number of hydrogen-bond acceptors (Lipinski definition) is 2. The molecule has 0 aliphatic rings. The summed E-state index contributed by atoms with van der Waals surface area (Å²) in [5, 5.41) is 7.20.